The molecule has 1 fully saturated rings. The number of aliphatic carboxylic acids is 1. The molecule has 2 aliphatic heterocycles. The van der Waals surface area contributed by atoms with Crippen LogP contribution in [0.25, 0.3) is 11.3 Å². The molecule has 1 N–H and O–H groups in total. The van der Waals surface area contributed by atoms with Gasteiger partial charge in [0.2, 0.25) is 0 Å². The van der Waals surface area contributed by atoms with Crippen molar-refractivity contribution in [2.75, 3.05) is 13.1 Å². The zero-order chi connectivity index (χ0) is 26.1. The number of aromatic nitrogens is 4. The number of hydrogen-bond acceptors (Lipinski definition) is 6. The molecule has 1 amide bonds. The number of amides is 1. The van der Waals surface area contributed by atoms with Crippen molar-refractivity contribution in [1.29, 1.82) is 0 Å². The Bertz CT molecular complexity index is 1360. The normalized spacial score (nSPS) is 18.5. The molecule has 0 bridgehead atoms. The molecule has 3 aromatic rings. The van der Waals surface area contributed by atoms with E-state index in [1.54, 1.807) is 10.6 Å². The van der Waals surface area contributed by atoms with Crippen molar-refractivity contribution in [3.63, 3.8) is 0 Å². The van der Waals surface area contributed by atoms with Gasteiger partial charge in [0.05, 0.1) is 5.41 Å². The molecule has 4 heterocycles. The summed E-state index contributed by atoms with van der Waals surface area (Å²) in [6, 6.07) is 14.9. The third-order valence-electron chi connectivity index (χ3n) is 6.27. The quantitative estimate of drug-likeness (QED) is 0.574. The van der Waals surface area contributed by atoms with Gasteiger partial charge in [-0.15, -0.1) is 10.2 Å². The number of rotatable bonds is 2. The molecule has 0 saturated carbocycles. The van der Waals surface area contributed by atoms with Gasteiger partial charge in [-0.2, -0.15) is 13.2 Å². The molecule has 36 heavy (non-hydrogen) atoms. The number of alkyl halides is 3. The van der Waals surface area contributed by atoms with E-state index in [1.165, 1.54) is 0 Å². The van der Waals surface area contributed by atoms with E-state index in [1.807, 2.05) is 54.3 Å². The van der Waals surface area contributed by atoms with Crippen LogP contribution in [-0.2, 0) is 16.8 Å². The Morgan fingerprint density at radius 2 is 1.67 bits per heavy atom. The van der Waals surface area contributed by atoms with Crippen LogP contribution < -0.4 is 5.56 Å². The van der Waals surface area contributed by atoms with Gasteiger partial charge in [-0.05, 0) is 31.9 Å². The fraction of sp³-hybridized carbons (Fsp3) is 0.333. The summed E-state index contributed by atoms with van der Waals surface area (Å²) >= 11 is 0. The standard InChI is InChI=1S/C22H21N5O2.C2HF3O2/c1-15-6-5-9-17(23-15)19(28)26-12-10-22(14-26)11-13-27-20(29)18(24-25-21(22)27)16-7-3-2-4-8-16;3-2(4,5)1(6)7/h2-9H,10-14H2,1H3;(H,6,7). The number of likely N-dealkylation sites (tertiary alicyclic amines) is 1. The first-order valence-electron chi connectivity index (χ1n) is 11.1. The summed E-state index contributed by atoms with van der Waals surface area (Å²) in [4.78, 5) is 41.0. The Labute approximate surface area is 203 Å². The largest absolute Gasteiger partial charge is 0.490 e. The molecule has 0 radical (unpaired) electrons. The molecule has 2 aliphatic rings. The third kappa shape index (κ3) is 4.83. The van der Waals surface area contributed by atoms with E-state index in [2.05, 4.69) is 15.2 Å². The highest BCUT2D eigenvalue weighted by molar-refractivity contribution is 5.92. The summed E-state index contributed by atoms with van der Waals surface area (Å²) in [6.45, 7) is 3.65. The second-order valence-corrected chi connectivity index (χ2v) is 8.67. The molecule has 1 unspecified atom stereocenters. The fourth-order valence-electron chi connectivity index (χ4n) is 4.49. The molecule has 1 aromatic carbocycles. The number of carbonyl (C=O) groups is 2. The maximum atomic E-state index is 13.0. The summed E-state index contributed by atoms with van der Waals surface area (Å²) in [5.41, 5.74) is 2.02. The van der Waals surface area contributed by atoms with Crippen LogP contribution in [0.15, 0.2) is 53.3 Å². The van der Waals surface area contributed by atoms with Gasteiger partial charge in [0, 0.05) is 30.9 Å². The van der Waals surface area contributed by atoms with Crippen molar-refractivity contribution < 1.29 is 27.9 Å². The first-order chi connectivity index (χ1) is 17.0. The molecule has 9 nitrogen and oxygen atoms in total. The van der Waals surface area contributed by atoms with Crippen LogP contribution in [0.5, 0.6) is 0 Å². The summed E-state index contributed by atoms with van der Waals surface area (Å²) in [5, 5.41) is 15.9. The van der Waals surface area contributed by atoms with E-state index in [0.717, 1.165) is 24.1 Å². The monoisotopic (exact) mass is 501 g/mol. The molecule has 1 atom stereocenters. The summed E-state index contributed by atoms with van der Waals surface area (Å²) < 4.78 is 33.5. The number of carboxylic acids is 1. The molecule has 5 rings (SSSR count). The van der Waals surface area contributed by atoms with Crippen LogP contribution in [-0.4, -0.2) is 60.9 Å². The number of nitrogens with zero attached hydrogens (tertiary/aromatic N) is 5. The smallest absolute Gasteiger partial charge is 0.475 e. The van der Waals surface area contributed by atoms with Crippen molar-refractivity contribution in [3.05, 3.63) is 76.1 Å². The number of pyridine rings is 1. The van der Waals surface area contributed by atoms with Crippen molar-refractivity contribution in [2.24, 2.45) is 0 Å². The Hall–Kier alpha value is -4.09. The van der Waals surface area contributed by atoms with Crippen LogP contribution in [0.1, 0.15) is 34.8 Å². The number of fused-ring (bicyclic) bond motifs is 2. The maximum Gasteiger partial charge on any atom is 0.490 e. The van der Waals surface area contributed by atoms with Crippen LogP contribution in [0, 0.1) is 6.92 Å². The van der Waals surface area contributed by atoms with Gasteiger partial charge in [-0.1, -0.05) is 36.4 Å². The molecule has 1 spiro atoms. The van der Waals surface area contributed by atoms with Crippen LogP contribution in [0.2, 0.25) is 0 Å². The molecule has 188 valence electrons. The molecule has 1 saturated heterocycles. The number of halogens is 3. The van der Waals surface area contributed by atoms with Crippen molar-refractivity contribution >= 4 is 11.9 Å². The minimum atomic E-state index is -5.08. The Morgan fingerprint density at radius 3 is 2.31 bits per heavy atom. The lowest BCUT2D eigenvalue weighted by atomic mass is 9.85. The number of carboxylic acid groups (broad SMARTS) is 1. The highest BCUT2D eigenvalue weighted by atomic mass is 19.4. The second kappa shape index (κ2) is 9.51. The number of benzene rings is 1. The van der Waals surface area contributed by atoms with Crippen LogP contribution in [0.3, 0.4) is 0 Å². The van der Waals surface area contributed by atoms with Gasteiger partial charge >= 0.3 is 12.1 Å². The molecular weight excluding hydrogens is 479 g/mol. The first kappa shape index (κ1) is 25.0. The number of hydrogen-bond donors (Lipinski definition) is 1. The van der Waals surface area contributed by atoms with Crippen LogP contribution in [0.4, 0.5) is 13.2 Å². The Morgan fingerprint density at radius 1 is 1.00 bits per heavy atom. The van der Waals surface area contributed by atoms with Gasteiger partial charge in [0.15, 0.2) is 5.69 Å². The zero-order valence-electron chi connectivity index (χ0n) is 19.2. The van der Waals surface area contributed by atoms with Gasteiger partial charge in [0.25, 0.3) is 11.5 Å². The lowest BCUT2D eigenvalue weighted by Crippen LogP contribution is -2.35. The second-order valence-electron chi connectivity index (χ2n) is 8.67. The third-order valence-corrected chi connectivity index (χ3v) is 6.27. The predicted octanol–water partition coefficient (Wildman–Crippen LogP) is 2.83. The molecule has 0 aliphatic carbocycles. The van der Waals surface area contributed by atoms with E-state index in [4.69, 9.17) is 9.90 Å². The molecule has 12 heteroatoms. The highest BCUT2D eigenvalue weighted by Crippen LogP contribution is 2.41. The predicted molar refractivity (Wildman–Crippen MR) is 121 cm³/mol. The maximum absolute atomic E-state index is 13.0. The highest BCUT2D eigenvalue weighted by Gasteiger charge is 2.48. The van der Waals surface area contributed by atoms with Gasteiger partial charge in [-0.3, -0.25) is 14.2 Å². The lowest BCUT2D eigenvalue weighted by molar-refractivity contribution is -0.192. The molecular formula is C24H22F3N5O4. The van der Waals surface area contributed by atoms with E-state index < -0.39 is 12.1 Å². The summed E-state index contributed by atoms with van der Waals surface area (Å²) in [7, 11) is 0. The van der Waals surface area contributed by atoms with Gasteiger partial charge in [-0.25, -0.2) is 9.78 Å². The van der Waals surface area contributed by atoms with Crippen molar-refractivity contribution in [2.45, 2.75) is 37.9 Å². The minimum absolute atomic E-state index is 0.0692. The fourth-order valence-corrected chi connectivity index (χ4v) is 4.49. The van der Waals surface area contributed by atoms with Crippen LogP contribution >= 0.6 is 0 Å². The van der Waals surface area contributed by atoms with Gasteiger partial charge < -0.3 is 10.0 Å². The molecule has 2 aromatic heterocycles. The minimum Gasteiger partial charge on any atom is -0.475 e. The van der Waals surface area contributed by atoms with Gasteiger partial charge in [0.1, 0.15) is 11.5 Å². The first-order valence-corrected chi connectivity index (χ1v) is 11.1. The Kier molecular flexibility index (Phi) is 6.61. The average molecular weight is 501 g/mol. The summed E-state index contributed by atoms with van der Waals surface area (Å²) in [6.07, 6.45) is -3.51. The van der Waals surface area contributed by atoms with Crippen molar-refractivity contribution in [3.8, 4) is 11.3 Å². The zero-order valence-corrected chi connectivity index (χ0v) is 19.2. The summed E-state index contributed by atoms with van der Waals surface area (Å²) in [5.74, 6) is -2.12. The van der Waals surface area contributed by atoms with E-state index in [-0.39, 0.29) is 16.9 Å². The topological polar surface area (TPSA) is 118 Å². The number of carbonyl (C=O) groups excluding carboxylic acids is 1. The number of aryl methyl sites for hydroxylation is 1. The van der Waals surface area contributed by atoms with E-state index in [0.29, 0.717) is 36.8 Å². The van der Waals surface area contributed by atoms with Crippen molar-refractivity contribution in [1.82, 2.24) is 24.6 Å². The lowest BCUT2D eigenvalue weighted by Gasteiger charge is -2.23. The Balaban J connectivity index is 0.000000384. The van der Waals surface area contributed by atoms with E-state index in [9.17, 15) is 22.8 Å². The van der Waals surface area contributed by atoms with E-state index >= 15 is 0 Å². The SMILES string of the molecule is Cc1cccc(C(=O)N2CCC3(CCn4c3nnc(-c3ccccc3)c4=O)C2)n1.O=C(O)C(F)(F)F. The average Bonchev–Trinajstić information content (AvgIpc) is 3.44.